The summed E-state index contributed by atoms with van der Waals surface area (Å²) in [7, 11) is 1.49. The Kier molecular flexibility index (Phi) is 7.06. The summed E-state index contributed by atoms with van der Waals surface area (Å²) in [6.45, 7) is 7.92. The number of methoxy groups -OCH3 is 1. The number of anilines is 1. The van der Waals surface area contributed by atoms with E-state index in [1.807, 2.05) is 36.1 Å². The molecule has 2 aliphatic heterocycles. The Morgan fingerprint density at radius 1 is 1.05 bits per heavy atom. The number of aromatic nitrogens is 1. The number of carbonyl (C=O) groups is 2. The van der Waals surface area contributed by atoms with Crippen LogP contribution in [0.2, 0.25) is 0 Å². The molecule has 204 valence electrons. The van der Waals surface area contributed by atoms with Crippen molar-refractivity contribution in [2.24, 2.45) is 17.8 Å². The van der Waals surface area contributed by atoms with E-state index in [0.29, 0.717) is 18.4 Å². The Morgan fingerprint density at radius 2 is 1.82 bits per heavy atom. The molecular weight excluding hydrogens is 510 g/mol. The van der Waals surface area contributed by atoms with Crippen molar-refractivity contribution in [2.45, 2.75) is 39.7 Å². The van der Waals surface area contributed by atoms with Crippen LogP contribution in [0, 0.1) is 31.6 Å². The number of aryl methyl sites for hydroxylation is 2. The molecule has 2 aromatic carbocycles. The predicted molar refractivity (Wildman–Crippen MR) is 152 cm³/mol. The van der Waals surface area contributed by atoms with E-state index in [9.17, 15) is 9.59 Å². The van der Waals surface area contributed by atoms with Gasteiger partial charge < -0.3 is 19.3 Å². The summed E-state index contributed by atoms with van der Waals surface area (Å²) in [6.07, 6.45) is 3.23. The molecule has 7 nitrogen and oxygen atoms in total. The highest BCUT2D eigenvalue weighted by atomic mass is 32.1. The quantitative estimate of drug-likeness (QED) is 0.366. The second-order valence-corrected chi connectivity index (χ2v) is 12.0. The summed E-state index contributed by atoms with van der Waals surface area (Å²) in [5.74, 6) is 1.53. The van der Waals surface area contributed by atoms with Crippen LogP contribution in [-0.4, -0.2) is 55.0 Å². The number of amides is 1. The molecule has 3 heterocycles. The Bertz CT molecular complexity index is 1380. The first-order valence-corrected chi connectivity index (χ1v) is 14.7. The van der Waals surface area contributed by atoms with E-state index in [1.165, 1.54) is 7.11 Å². The maximum Gasteiger partial charge on any atom is 0.309 e. The number of ether oxygens (including phenoxy) is 2. The zero-order chi connectivity index (χ0) is 27.1. The summed E-state index contributed by atoms with van der Waals surface area (Å²) in [6, 6.07) is 12.1. The zero-order valence-electron chi connectivity index (χ0n) is 22.8. The average molecular weight is 546 g/mol. The number of fused-ring (bicyclic) bond motifs is 2. The SMILES string of the molecule is COC(=O)C1C2CCC1CN(c1nc(-c3cc(C)ccc3OCc3ccc(C(=O)N4CCC4)cc3C)cs1)C2. The fourth-order valence-corrected chi connectivity index (χ4v) is 7.10. The van der Waals surface area contributed by atoms with E-state index in [-0.39, 0.29) is 17.8 Å². The molecule has 2 unspecified atom stereocenters. The van der Waals surface area contributed by atoms with Crippen molar-refractivity contribution in [3.8, 4) is 17.0 Å². The predicted octanol–water partition coefficient (Wildman–Crippen LogP) is 5.49. The van der Waals surface area contributed by atoms with Crippen LogP contribution in [0.1, 0.15) is 46.3 Å². The van der Waals surface area contributed by atoms with Gasteiger partial charge in [0.05, 0.1) is 18.7 Å². The second kappa shape index (κ2) is 10.6. The van der Waals surface area contributed by atoms with Gasteiger partial charge in [-0.25, -0.2) is 4.98 Å². The molecule has 2 saturated heterocycles. The second-order valence-electron chi connectivity index (χ2n) is 11.1. The number of benzene rings is 2. The first kappa shape index (κ1) is 25.9. The van der Waals surface area contributed by atoms with Crippen molar-refractivity contribution >= 4 is 28.3 Å². The summed E-state index contributed by atoms with van der Waals surface area (Å²) >= 11 is 1.65. The summed E-state index contributed by atoms with van der Waals surface area (Å²) in [5.41, 5.74) is 5.89. The number of hydrogen-bond donors (Lipinski definition) is 0. The number of rotatable bonds is 7. The molecule has 1 aliphatic carbocycles. The molecule has 0 radical (unpaired) electrons. The molecule has 1 aromatic heterocycles. The van der Waals surface area contributed by atoms with E-state index < -0.39 is 0 Å². The molecule has 3 aromatic rings. The maximum atomic E-state index is 12.6. The van der Waals surface area contributed by atoms with Crippen molar-refractivity contribution in [3.05, 3.63) is 64.0 Å². The summed E-state index contributed by atoms with van der Waals surface area (Å²) in [5, 5.41) is 3.10. The third-order valence-electron chi connectivity index (χ3n) is 8.60. The Hall–Kier alpha value is -3.39. The monoisotopic (exact) mass is 545 g/mol. The molecule has 0 spiro atoms. The smallest absolute Gasteiger partial charge is 0.309 e. The minimum absolute atomic E-state index is 0.0221. The fourth-order valence-electron chi connectivity index (χ4n) is 6.25. The standard InChI is InChI=1S/C31H35N3O4S/c1-19-5-10-27(38-17-24-9-6-21(14-20(24)2)29(35)33-11-4-12-33)25(13-19)26-18-39-31(32-26)34-15-22-7-8-23(16-34)28(22)30(36)37-3/h5-6,9-10,13-14,18,22-23,28H,4,7-8,11-12,15-17H2,1-3H3. The topological polar surface area (TPSA) is 72.0 Å². The van der Waals surface area contributed by atoms with E-state index in [0.717, 1.165) is 89.8 Å². The van der Waals surface area contributed by atoms with Gasteiger partial charge in [-0.15, -0.1) is 11.3 Å². The minimum Gasteiger partial charge on any atom is -0.488 e. The molecular formula is C31H35N3O4S. The molecule has 3 aliphatic rings. The van der Waals surface area contributed by atoms with E-state index in [1.54, 1.807) is 11.3 Å². The molecule has 8 heteroatoms. The lowest BCUT2D eigenvalue weighted by Gasteiger charge is -2.36. The number of hydrogen-bond acceptors (Lipinski definition) is 7. The van der Waals surface area contributed by atoms with Crippen LogP contribution in [0.15, 0.2) is 41.8 Å². The molecule has 2 bridgehead atoms. The van der Waals surface area contributed by atoms with Crippen LogP contribution in [0.4, 0.5) is 5.13 Å². The van der Waals surface area contributed by atoms with Gasteiger partial charge in [0.15, 0.2) is 5.13 Å². The van der Waals surface area contributed by atoms with Gasteiger partial charge in [0.2, 0.25) is 0 Å². The van der Waals surface area contributed by atoms with Crippen LogP contribution in [-0.2, 0) is 16.1 Å². The van der Waals surface area contributed by atoms with Crippen LogP contribution in [0.5, 0.6) is 5.75 Å². The van der Waals surface area contributed by atoms with Crippen molar-refractivity contribution in [2.75, 3.05) is 38.2 Å². The van der Waals surface area contributed by atoms with E-state index >= 15 is 0 Å². The number of likely N-dealkylation sites (tertiary alicyclic amines) is 1. The normalized spacial score (nSPS) is 22.0. The Morgan fingerprint density at radius 3 is 2.49 bits per heavy atom. The summed E-state index contributed by atoms with van der Waals surface area (Å²) < 4.78 is 11.4. The molecule has 39 heavy (non-hydrogen) atoms. The molecule has 2 atom stereocenters. The number of nitrogens with zero attached hydrogens (tertiary/aromatic N) is 3. The molecule has 1 amide bonds. The molecule has 3 fully saturated rings. The van der Waals surface area contributed by atoms with E-state index in [2.05, 4.69) is 29.3 Å². The van der Waals surface area contributed by atoms with Gasteiger partial charge in [-0.2, -0.15) is 0 Å². The number of thiazole rings is 1. The number of esters is 1. The van der Waals surface area contributed by atoms with Crippen LogP contribution in [0.25, 0.3) is 11.3 Å². The van der Waals surface area contributed by atoms with Crippen molar-refractivity contribution < 1.29 is 19.1 Å². The summed E-state index contributed by atoms with van der Waals surface area (Å²) in [4.78, 5) is 34.2. The Labute approximate surface area is 233 Å². The van der Waals surface area contributed by atoms with Crippen molar-refractivity contribution in [3.63, 3.8) is 0 Å². The number of piperidine rings is 1. The highest BCUT2D eigenvalue weighted by Crippen LogP contribution is 2.45. The average Bonchev–Trinajstić information content (AvgIpc) is 3.49. The van der Waals surface area contributed by atoms with Crippen LogP contribution >= 0.6 is 11.3 Å². The third-order valence-corrected chi connectivity index (χ3v) is 9.50. The highest BCUT2D eigenvalue weighted by Gasteiger charge is 2.47. The van der Waals surface area contributed by atoms with Gasteiger partial charge in [-0.3, -0.25) is 9.59 Å². The van der Waals surface area contributed by atoms with Crippen molar-refractivity contribution in [1.29, 1.82) is 0 Å². The van der Waals surface area contributed by atoms with E-state index in [4.69, 9.17) is 14.5 Å². The maximum absolute atomic E-state index is 12.6. The van der Waals surface area contributed by atoms with Gasteiger partial charge in [-0.1, -0.05) is 17.7 Å². The number of carbonyl (C=O) groups excluding carboxylic acids is 2. The van der Waals surface area contributed by atoms with Gasteiger partial charge in [0, 0.05) is 42.7 Å². The lowest BCUT2D eigenvalue weighted by Crippen LogP contribution is -2.45. The van der Waals surface area contributed by atoms with Gasteiger partial charge in [0.1, 0.15) is 12.4 Å². The Balaban J connectivity index is 1.17. The van der Waals surface area contributed by atoms with Crippen LogP contribution in [0.3, 0.4) is 0 Å². The zero-order valence-corrected chi connectivity index (χ0v) is 23.6. The van der Waals surface area contributed by atoms with Gasteiger partial charge in [0.25, 0.3) is 5.91 Å². The van der Waals surface area contributed by atoms with Gasteiger partial charge >= 0.3 is 5.97 Å². The largest absolute Gasteiger partial charge is 0.488 e. The lowest BCUT2D eigenvalue weighted by molar-refractivity contribution is -0.148. The first-order chi connectivity index (χ1) is 18.9. The fraction of sp³-hybridized carbons (Fsp3) is 0.452. The molecule has 1 saturated carbocycles. The molecule has 0 N–H and O–H groups in total. The highest BCUT2D eigenvalue weighted by molar-refractivity contribution is 7.14. The minimum atomic E-state index is -0.0591. The third kappa shape index (κ3) is 5.02. The molecule has 6 rings (SSSR count). The van der Waals surface area contributed by atoms with Crippen LogP contribution < -0.4 is 9.64 Å². The van der Waals surface area contributed by atoms with Crippen molar-refractivity contribution in [1.82, 2.24) is 9.88 Å². The first-order valence-electron chi connectivity index (χ1n) is 13.8. The van der Waals surface area contributed by atoms with Gasteiger partial charge in [-0.05, 0) is 80.3 Å². The lowest BCUT2D eigenvalue weighted by atomic mass is 9.85.